The summed E-state index contributed by atoms with van der Waals surface area (Å²) in [4.78, 5) is 13.4. The molecule has 1 heterocycles. The highest BCUT2D eigenvalue weighted by molar-refractivity contribution is 9.11. The topological polar surface area (TPSA) is 63.2 Å². The van der Waals surface area contributed by atoms with Crippen LogP contribution in [0.15, 0.2) is 28.8 Å². The lowest BCUT2D eigenvalue weighted by atomic mass is 9.70. The molecule has 3 rings (SSSR count). The van der Waals surface area contributed by atoms with Gasteiger partial charge in [0.1, 0.15) is 5.41 Å². The lowest BCUT2D eigenvalue weighted by molar-refractivity contribution is -0.150. The Kier molecular flexibility index (Phi) is 6.45. The minimum absolute atomic E-state index is 0.0231. The number of benzene rings is 1. The van der Waals surface area contributed by atoms with Crippen LogP contribution in [0.2, 0.25) is 18.1 Å². The molecular formula is C22H31BrO6Si. The van der Waals surface area contributed by atoms with E-state index >= 15 is 0 Å². The molecule has 1 aromatic rings. The zero-order valence-corrected chi connectivity index (χ0v) is 21.3. The molecule has 2 aliphatic rings. The van der Waals surface area contributed by atoms with E-state index < -0.39 is 19.8 Å². The van der Waals surface area contributed by atoms with Crippen LogP contribution in [0.5, 0.6) is 11.5 Å². The molecule has 1 aliphatic carbocycles. The maximum Gasteiger partial charge on any atom is 0.322 e. The molecule has 0 fully saturated rings. The van der Waals surface area contributed by atoms with Crippen molar-refractivity contribution in [2.45, 2.75) is 62.9 Å². The van der Waals surface area contributed by atoms with Crippen LogP contribution >= 0.6 is 15.9 Å². The Morgan fingerprint density at radius 1 is 1.20 bits per heavy atom. The van der Waals surface area contributed by atoms with Gasteiger partial charge >= 0.3 is 5.97 Å². The summed E-state index contributed by atoms with van der Waals surface area (Å²) in [6.07, 6.45) is 1.74. The predicted octanol–water partition coefficient (Wildman–Crippen LogP) is 4.91. The molecule has 6 nitrogen and oxygen atoms in total. The Morgan fingerprint density at radius 3 is 2.47 bits per heavy atom. The molecule has 1 aliphatic heterocycles. The zero-order chi connectivity index (χ0) is 22.3. The average molecular weight is 499 g/mol. The first-order valence-corrected chi connectivity index (χ1v) is 13.7. The zero-order valence-electron chi connectivity index (χ0n) is 18.7. The summed E-state index contributed by atoms with van der Waals surface area (Å²) in [7, 11) is 0.848. The standard InChI is InChI=1S/C22H31BrO6Si/c1-21(2,3)30(6,7)29-19-11-17(25-4)15(23)12-22(19,20(24)26-5)14-8-9-16-18(10-14)28-13-27-16/h8-10,12,17,19H,11,13H2,1-7H3/t17-,19-,22+/m1/s1. The Bertz CT molecular complexity index is 847. The van der Waals surface area contributed by atoms with Crippen molar-refractivity contribution >= 4 is 30.2 Å². The molecule has 0 N–H and O–H groups in total. The van der Waals surface area contributed by atoms with Crippen molar-refractivity contribution in [2.75, 3.05) is 21.0 Å². The Balaban J connectivity index is 2.19. The molecule has 0 unspecified atom stereocenters. The van der Waals surface area contributed by atoms with Crippen LogP contribution in [0, 0.1) is 0 Å². The number of esters is 1. The van der Waals surface area contributed by atoms with Gasteiger partial charge in [-0.2, -0.15) is 0 Å². The maximum atomic E-state index is 13.4. The van der Waals surface area contributed by atoms with Crippen molar-refractivity contribution in [1.29, 1.82) is 0 Å². The second kappa shape index (κ2) is 8.30. The summed E-state index contributed by atoms with van der Waals surface area (Å²) in [5.41, 5.74) is -0.395. The molecule has 8 heteroatoms. The second-order valence-corrected chi connectivity index (χ2v) is 15.0. The Labute approximate surface area is 188 Å². The van der Waals surface area contributed by atoms with Crippen molar-refractivity contribution in [3.8, 4) is 11.5 Å². The number of carbonyl (C=O) groups is 1. The van der Waals surface area contributed by atoms with E-state index in [0.717, 1.165) is 10.0 Å². The van der Waals surface area contributed by atoms with Gasteiger partial charge in [0.2, 0.25) is 6.79 Å². The first-order chi connectivity index (χ1) is 14.0. The molecular weight excluding hydrogens is 468 g/mol. The van der Waals surface area contributed by atoms with Crippen molar-refractivity contribution in [3.05, 3.63) is 34.3 Å². The van der Waals surface area contributed by atoms with Gasteiger partial charge in [-0.15, -0.1) is 0 Å². The van der Waals surface area contributed by atoms with Crippen molar-refractivity contribution in [2.24, 2.45) is 0 Å². The number of hydrogen-bond acceptors (Lipinski definition) is 6. The van der Waals surface area contributed by atoms with Gasteiger partial charge in [-0.25, -0.2) is 0 Å². The van der Waals surface area contributed by atoms with Crippen LogP contribution in [0.1, 0.15) is 32.8 Å². The first-order valence-electron chi connectivity index (χ1n) is 10.0. The van der Waals surface area contributed by atoms with Crippen LogP contribution in [0.4, 0.5) is 0 Å². The number of methoxy groups -OCH3 is 2. The smallest absolute Gasteiger partial charge is 0.322 e. The van der Waals surface area contributed by atoms with Gasteiger partial charge in [-0.3, -0.25) is 4.79 Å². The highest BCUT2D eigenvalue weighted by Gasteiger charge is 2.54. The molecule has 3 atom stereocenters. The van der Waals surface area contributed by atoms with E-state index in [-0.39, 0.29) is 23.9 Å². The van der Waals surface area contributed by atoms with E-state index in [0.29, 0.717) is 17.9 Å². The minimum atomic E-state index is -2.22. The van der Waals surface area contributed by atoms with Crippen LogP contribution in [0.25, 0.3) is 0 Å². The summed E-state index contributed by atoms with van der Waals surface area (Å²) in [6.45, 7) is 11.1. The van der Waals surface area contributed by atoms with Crippen molar-refractivity contribution in [3.63, 3.8) is 0 Å². The minimum Gasteiger partial charge on any atom is -0.468 e. The van der Waals surface area contributed by atoms with E-state index in [2.05, 4.69) is 49.8 Å². The number of halogens is 1. The van der Waals surface area contributed by atoms with Gasteiger partial charge in [0, 0.05) is 18.0 Å². The van der Waals surface area contributed by atoms with Gasteiger partial charge in [0.25, 0.3) is 0 Å². The third kappa shape index (κ3) is 3.95. The lowest BCUT2D eigenvalue weighted by Gasteiger charge is -2.47. The summed E-state index contributed by atoms with van der Waals surface area (Å²) < 4.78 is 29.7. The van der Waals surface area contributed by atoms with Gasteiger partial charge in [0.05, 0.1) is 19.3 Å². The molecule has 0 aromatic heterocycles. The number of fused-ring (bicyclic) bond motifs is 1. The third-order valence-corrected chi connectivity index (χ3v) is 11.7. The van der Waals surface area contributed by atoms with E-state index in [1.807, 2.05) is 24.3 Å². The van der Waals surface area contributed by atoms with Crippen molar-refractivity contribution < 1.29 is 28.2 Å². The maximum absolute atomic E-state index is 13.4. The number of carbonyl (C=O) groups excluding carboxylic acids is 1. The molecule has 0 amide bonds. The Morgan fingerprint density at radius 2 is 1.87 bits per heavy atom. The van der Waals surface area contributed by atoms with Crippen LogP contribution in [-0.2, 0) is 24.1 Å². The second-order valence-electron chi connectivity index (χ2n) is 9.28. The number of ether oxygens (including phenoxy) is 4. The summed E-state index contributed by atoms with van der Waals surface area (Å²) in [5, 5.41) is -0.0231. The third-order valence-electron chi connectivity index (χ3n) is 6.51. The van der Waals surface area contributed by atoms with E-state index in [9.17, 15) is 4.79 Å². The van der Waals surface area contributed by atoms with E-state index in [1.165, 1.54) is 7.11 Å². The van der Waals surface area contributed by atoms with Gasteiger partial charge in [-0.05, 0) is 41.9 Å². The molecule has 0 spiro atoms. The normalized spacial score (nSPS) is 26.3. The fraction of sp³-hybridized carbons (Fsp3) is 0.591. The number of hydrogen-bond donors (Lipinski definition) is 0. The van der Waals surface area contributed by atoms with Gasteiger partial charge < -0.3 is 23.4 Å². The largest absolute Gasteiger partial charge is 0.468 e. The number of rotatable bonds is 5. The molecule has 0 saturated heterocycles. The Hall–Kier alpha value is -1.35. The fourth-order valence-electron chi connectivity index (χ4n) is 3.68. The predicted molar refractivity (Wildman–Crippen MR) is 121 cm³/mol. The molecule has 0 saturated carbocycles. The molecule has 1 aromatic carbocycles. The first kappa shape index (κ1) is 23.3. The summed E-state index contributed by atoms with van der Waals surface area (Å²) >= 11 is 3.62. The molecule has 166 valence electrons. The van der Waals surface area contributed by atoms with E-state index in [4.69, 9.17) is 23.4 Å². The molecule has 30 heavy (non-hydrogen) atoms. The highest BCUT2D eigenvalue weighted by Crippen LogP contribution is 2.48. The summed E-state index contributed by atoms with van der Waals surface area (Å²) in [6, 6.07) is 5.57. The van der Waals surface area contributed by atoms with E-state index in [1.54, 1.807) is 7.11 Å². The monoisotopic (exact) mass is 498 g/mol. The van der Waals surface area contributed by atoms with Crippen LogP contribution in [-0.4, -0.2) is 47.5 Å². The van der Waals surface area contributed by atoms with Gasteiger partial charge in [0.15, 0.2) is 19.8 Å². The summed E-state index contributed by atoms with van der Waals surface area (Å²) in [5.74, 6) is 0.895. The average Bonchev–Trinajstić information content (AvgIpc) is 3.15. The molecule has 0 bridgehead atoms. The van der Waals surface area contributed by atoms with Gasteiger partial charge in [-0.1, -0.05) is 42.8 Å². The quantitative estimate of drug-likeness (QED) is 0.424. The SMILES string of the molecule is COC(=O)[C@]1(c2ccc3c(c2)OCO3)C=C(Br)[C@H](OC)C[C@H]1O[Si](C)(C)C(C)(C)C. The lowest BCUT2D eigenvalue weighted by Crippen LogP contribution is -2.56. The van der Waals surface area contributed by atoms with Crippen molar-refractivity contribution in [1.82, 2.24) is 0 Å². The molecule has 0 radical (unpaired) electrons. The fourth-order valence-corrected chi connectivity index (χ4v) is 5.76. The van der Waals surface area contributed by atoms with Crippen LogP contribution < -0.4 is 9.47 Å². The van der Waals surface area contributed by atoms with Crippen LogP contribution in [0.3, 0.4) is 0 Å². The highest BCUT2D eigenvalue weighted by atomic mass is 79.9.